The first-order valence-electron chi connectivity index (χ1n) is 6.10. The summed E-state index contributed by atoms with van der Waals surface area (Å²) >= 11 is 3.30. The van der Waals surface area contributed by atoms with Crippen molar-refractivity contribution in [2.45, 2.75) is 26.8 Å². The molecule has 0 aliphatic carbocycles. The van der Waals surface area contributed by atoms with Crippen molar-refractivity contribution in [2.75, 3.05) is 6.61 Å². The Bertz CT molecular complexity index is 479. The van der Waals surface area contributed by atoms with E-state index in [9.17, 15) is 9.59 Å². The van der Waals surface area contributed by atoms with Gasteiger partial charge in [-0.1, -0.05) is 36.7 Å². The highest BCUT2D eigenvalue weighted by atomic mass is 79.9. The van der Waals surface area contributed by atoms with Gasteiger partial charge in [0.1, 0.15) is 11.8 Å². The zero-order valence-corrected chi connectivity index (χ0v) is 13.2. The smallest absolute Gasteiger partial charge is 0.326 e. The van der Waals surface area contributed by atoms with Crippen molar-refractivity contribution < 1.29 is 19.4 Å². The fourth-order valence-electron chi connectivity index (χ4n) is 1.53. The topological polar surface area (TPSA) is 75.6 Å². The average Bonchev–Trinajstić information content (AvgIpc) is 2.33. The minimum absolute atomic E-state index is 0.221. The molecule has 2 N–H and O–H groups in total. The Morgan fingerprint density at radius 3 is 2.30 bits per heavy atom. The zero-order chi connectivity index (χ0) is 15.3. The third kappa shape index (κ3) is 5.21. The molecule has 0 saturated heterocycles. The molecule has 0 aromatic heterocycles. The van der Waals surface area contributed by atoms with Gasteiger partial charge >= 0.3 is 5.97 Å². The van der Waals surface area contributed by atoms with Crippen LogP contribution in [0.3, 0.4) is 0 Å². The molecule has 1 amide bonds. The summed E-state index contributed by atoms with van der Waals surface area (Å²) in [6.45, 7) is 5.03. The van der Waals surface area contributed by atoms with Crippen LogP contribution in [0.4, 0.5) is 0 Å². The molecule has 0 radical (unpaired) electrons. The molecular weight excluding hydrogens is 326 g/mol. The SMILES string of the molecule is CC(C)(C)[C@@H](NC(=O)COc1ccc(Br)cc1)C(=O)O. The van der Waals surface area contributed by atoms with Crippen molar-refractivity contribution in [3.63, 3.8) is 0 Å². The Hall–Kier alpha value is -1.56. The summed E-state index contributed by atoms with van der Waals surface area (Å²) < 4.78 is 6.20. The minimum Gasteiger partial charge on any atom is -0.484 e. The number of carboxylic acids is 1. The zero-order valence-electron chi connectivity index (χ0n) is 11.6. The summed E-state index contributed by atoms with van der Waals surface area (Å²) in [5.74, 6) is -0.976. The second-order valence-electron chi connectivity index (χ2n) is 5.45. The van der Waals surface area contributed by atoms with E-state index >= 15 is 0 Å². The van der Waals surface area contributed by atoms with Gasteiger partial charge < -0.3 is 15.2 Å². The Morgan fingerprint density at radius 2 is 1.85 bits per heavy atom. The summed E-state index contributed by atoms with van der Waals surface area (Å²) in [6, 6.07) is 6.07. The largest absolute Gasteiger partial charge is 0.484 e. The maximum Gasteiger partial charge on any atom is 0.326 e. The van der Waals surface area contributed by atoms with Crippen LogP contribution in [0.25, 0.3) is 0 Å². The molecule has 1 rings (SSSR count). The van der Waals surface area contributed by atoms with E-state index < -0.39 is 23.3 Å². The monoisotopic (exact) mass is 343 g/mol. The van der Waals surface area contributed by atoms with Crippen LogP contribution in [-0.2, 0) is 9.59 Å². The van der Waals surface area contributed by atoms with E-state index in [0.29, 0.717) is 5.75 Å². The quantitative estimate of drug-likeness (QED) is 0.860. The van der Waals surface area contributed by atoms with Crippen LogP contribution in [0.1, 0.15) is 20.8 Å². The number of nitrogens with one attached hydrogen (secondary N) is 1. The third-order valence-corrected chi connectivity index (χ3v) is 3.13. The first kappa shape index (κ1) is 16.5. The van der Waals surface area contributed by atoms with Crippen molar-refractivity contribution in [1.82, 2.24) is 5.32 Å². The molecule has 110 valence electrons. The lowest BCUT2D eigenvalue weighted by atomic mass is 9.87. The van der Waals surface area contributed by atoms with E-state index in [4.69, 9.17) is 9.84 Å². The van der Waals surface area contributed by atoms with Gasteiger partial charge in [0.2, 0.25) is 0 Å². The third-order valence-electron chi connectivity index (χ3n) is 2.60. The first-order chi connectivity index (χ1) is 9.20. The minimum atomic E-state index is -1.06. The van der Waals surface area contributed by atoms with Crippen LogP contribution in [0.2, 0.25) is 0 Å². The number of ether oxygens (including phenoxy) is 1. The van der Waals surface area contributed by atoms with E-state index in [1.54, 1.807) is 45.0 Å². The molecule has 0 saturated carbocycles. The number of rotatable bonds is 5. The van der Waals surface area contributed by atoms with E-state index in [1.165, 1.54) is 0 Å². The molecule has 1 aromatic carbocycles. The molecule has 0 spiro atoms. The summed E-state index contributed by atoms with van der Waals surface area (Å²) in [4.78, 5) is 22.9. The van der Waals surface area contributed by atoms with Gasteiger partial charge in [-0.05, 0) is 29.7 Å². The maximum atomic E-state index is 11.7. The standard InChI is InChI=1S/C14H18BrNO4/c1-14(2,3)12(13(18)19)16-11(17)8-20-10-6-4-9(15)5-7-10/h4-7,12H,8H2,1-3H3,(H,16,17)(H,18,19)/t12-/m0/s1. The Morgan fingerprint density at radius 1 is 1.30 bits per heavy atom. The second kappa shape index (κ2) is 6.74. The van der Waals surface area contributed by atoms with Crippen molar-refractivity contribution in [2.24, 2.45) is 5.41 Å². The number of hydrogen-bond acceptors (Lipinski definition) is 3. The highest BCUT2D eigenvalue weighted by Gasteiger charge is 2.32. The highest BCUT2D eigenvalue weighted by Crippen LogP contribution is 2.19. The Balaban J connectivity index is 2.54. The summed E-state index contributed by atoms with van der Waals surface area (Å²) in [6.07, 6.45) is 0. The van der Waals surface area contributed by atoms with Crippen molar-refractivity contribution in [3.05, 3.63) is 28.7 Å². The number of carboxylic acid groups (broad SMARTS) is 1. The van der Waals surface area contributed by atoms with E-state index in [2.05, 4.69) is 21.2 Å². The lowest BCUT2D eigenvalue weighted by molar-refractivity contribution is -0.145. The molecule has 0 heterocycles. The Kier molecular flexibility index (Phi) is 5.56. The van der Waals surface area contributed by atoms with Crippen molar-refractivity contribution in [3.8, 4) is 5.75 Å². The lowest BCUT2D eigenvalue weighted by Gasteiger charge is -2.27. The van der Waals surface area contributed by atoms with Gasteiger partial charge in [0, 0.05) is 4.47 Å². The molecule has 5 nitrogen and oxygen atoms in total. The predicted octanol–water partition coefficient (Wildman–Crippen LogP) is 2.44. The fraction of sp³-hybridized carbons (Fsp3) is 0.429. The summed E-state index contributed by atoms with van der Waals surface area (Å²) in [7, 11) is 0. The van der Waals surface area contributed by atoms with Gasteiger partial charge in [-0.15, -0.1) is 0 Å². The highest BCUT2D eigenvalue weighted by molar-refractivity contribution is 9.10. The lowest BCUT2D eigenvalue weighted by Crippen LogP contribution is -2.50. The molecule has 0 bridgehead atoms. The normalized spacial score (nSPS) is 12.6. The average molecular weight is 344 g/mol. The van der Waals surface area contributed by atoms with Gasteiger partial charge in [0.05, 0.1) is 0 Å². The number of benzene rings is 1. The number of aliphatic carboxylic acids is 1. The van der Waals surface area contributed by atoms with Crippen LogP contribution in [0.15, 0.2) is 28.7 Å². The number of halogens is 1. The van der Waals surface area contributed by atoms with Gasteiger partial charge in [-0.2, -0.15) is 0 Å². The molecule has 0 fully saturated rings. The van der Waals surface area contributed by atoms with Crippen LogP contribution in [-0.4, -0.2) is 29.6 Å². The van der Waals surface area contributed by atoms with Crippen LogP contribution in [0.5, 0.6) is 5.75 Å². The van der Waals surface area contributed by atoms with Crippen LogP contribution >= 0.6 is 15.9 Å². The summed E-state index contributed by atoms with van der Waals surface area (Å²) in [5, 5.41) is 11.6. The van der Waals surface area contributed by atoms with Gasteiger partial charge in [-0.3, -0.25) is 4.79 Å². The first-order valence-corrected chi connectivity index (χ1v) is 6.90. The van der Waals surface area contributed by atoms with Gasteiger partial charge in [0.15, 0.2) is 6.61 Å². The van der Waals surface area contributed by atoms with E-state index in [-0.39, 0.29) is 6.61 Å². The molecule has 6 heteroatoms. The molecule has 1 atom stereocenters. The van der Waals surface area contributed by atoms with E-state index in [1.807, 2.05) is 0 Å². The molecule has 0 aliphatic heterocycles. The van der Waals surface area contributed by atoms with E-state index in [0.717, 1.165) is 4.47 Å². The van der Waals surface area contributed by atoms with Crippen LogP contribution < -0.4 is 10.1 Å². The van der Waals surface area contributed by atoms with Gasteiger partial charge in [-0.25, -0.2) is 4.79 Å². The molecule has 20 heavy (non-hydrogen) atoms. The van der Waals surface area contributed by atoms with Crippen LogP contribution in [0, 0.1) is 5.41 Å². The Labute approximate surface area is 126 Å². The molecular formula is C14H18BrNO4. The summed E-state index contributed by atoms with van der Waals surface area (Å²) in [5.41, 5.74) is -0.570. The maximum absolute atomic E-state index is 11.7. The van der Waals surface area contributed by atoms with Gasteiger partial charge in [0.25, 0.3) is 5.91 Å². The predicted molar refractivity (Wildman–Crippen MR) is 78.7 cm³/mol. The number of carbonyl (C=O) groups excluding carboxylic acids is 1. The molecule has 0 unspecified atom stereocenters. The van der Waals surface area contributed by atoms with Crippen molar-refractivity contribution >= 4 is 27.8 Å². The number of carbonyl (C=O) groups is 2. The number of hydrogen-bond donors (Lipinski definition) is 2. The molecule has 1 aromatic rings. The second-order valence-corrected chi connectivity index (χ2v) is 6.36. The molecule has 0 aliphatic rings. The van der Waals surface area contributed by atoms with Crippen molar-refractivity contribution in [1.29, 1.82) is 0 Å². The number of amides is 1. The fourth-order valence-corrected chi connectivity index (χ4v) is 1.80.